The highest BCUT2D eigenvalue weighted by atomic mass is 16.5. The molecule has 0 spiro atoms. The van der Waals surface area contributed by atoms with E-state index in [1.54, 1.807) is 43.5 Å². The molecule has 1 aromatic carbocycles. The van der Waals surface area contributed by atoms with E-state index in [2.05, 4.69) is 38.5 Å². The van der Waals surface area contributed by atoms with Gasteiger partial charge >= 0.3 is 0 Å². The Bertz CT molecular complexity index is 1280. The van der Waals surface area contributed by atoms with Gasteiger partial charge in [-0.1, -0.05) is 12.8 Å². The maximum Gasteiger partial charge on any atom is 0.251 e. The molecule has 40 heavy (non-hydrogen) atoms. The average molecular weight is 547 g/mol. The smallest absolute Gasteiger partial charge is 0.251 e. The zero-order valence-corrected chi connectivity index (χ0v) is 23.5. The van der Waals surface area contributed by atoms with Gasteiger partial charge in [-0.3, -0.25) is 9.59 Å². The zero-order valence-electron chi connectivity index (χ0n) is 23.5. The Morgan fingerprint density at radius 3 is 2.62 bits per heavy atom. The number of piperidine rings is 1. The minimum Gasteiger partial charge on any atom is -0.495 e. The van der Waals surface area contributed by atoms with E-state index in [0.717, 1.165) is 51.6 Å². The maximum atomic E-state index is 13.2. The fourth-order valence-corrected chi connectivity index (χ4v) is 5.95. The van der Waals surface area contributed by atoms with Gasteiger partial charge in [0.1, 0.15) is 11.4 Å². The van der Waals surface area contributed by atoms with Crippen LogP contribution in [0.3, 0.4) is 0 Å². The largest absolute Gasteiger partial charge is 0.495 e. The summed E-state index contributed by atoms with van der Waals surface area (Å²) in [7, 11) is 5.38. The Morgan fingerprint density at radius 1 is 1.18 bits per heavy atom. The first-order valence-electron chi connectivity index (χ1n) is 14.1. The van der Waals surface area contributed by atoms with Crippen LogP contribution in [0.15, 0.2) is 24.4 Å². The van der Waals surface area contributed by atoms with Gasteiger partial charge in [0.25, 0.3) is 5.91 Å². The van der Waals surface area contributed by atoms with Crippen LogP contribution in [0.2, 0.25) is 0 Å². The summed E-state index contributed by atoms with van der Waals surface area (Å²) >= 11 is 0. The fraction of sp³-hybridized carbons (Fsp3) is 0.552. The number of hydrogen-bond acceptors (Lipinski definition) is 9. The molecule has 2 N–H and O–H groups in total. The van der Waals surface area contributed by atoms with Crippen LogP contribution in [0.25, 0.3) is 0 Å². The Hall–Kier alpha value is -3.91. The number of anilines is 4. The number of methoxy groups -OCH3 is 1. The number of amides is 2. The molecule has 0 bridgehead atoms. The molecular weight excluding hydrogens is 508 g/mol. The first-order chi connectivity index (χ1) is 19.4. The minimum absolute atomic E-state index is 0.0941. The second kappa shape index (κ2) is 12.1. The third-order valence-electron chi connectivity index (χ3n) is 8.35. The summed E-state index contributed by atoms with van der Waals surface area (Å²) in [5, 5.41) is 15.8. The highest BCUT2D eigenvalue weighted by molar-refractivity contribution is 5.99. The van der Waals surface area contributed by atoms with Gasteiger partial charge in [0.05, 0.1) is 31.0 Å². The fourth-order valence-electron chi connectivity index (χ4n) is 5.95. The molecule has 2 amide bonds. The summed E-state index contributed by atoms with van der Waals surface area (Å²) in [4.78, 5) is 41.5. The molecule has 0 radical (unpaired) electrons. The predicted molar refractivity (Wildman–Crippen MR) is 153 cm³/mol. The second-order valence-electron chi connectivity index (χ2n) is 11.0. The number of fused-ring (bicyclic) bond motifs is 1. The molecule has 1 aliphatic carbocycles. The number of ether oxygens (including phenoxy) is 1. The van der Waals surface area contributed by atoms with Crippen molar-refractivity contribution in [2.24, 2.45) is 5.92 Å². The van der Waals surface area contributed by atoms with E-state index in [-0.39, 0.29) is 30.3 Å². The number of nitriles is 1. The van der Waals surface area contributed by atoms with Gasteiger partial charge in [-0.2, -0.15) is 10.2 Å². The SMILES string of the molecule is COc1cc(C(=O)NC2CCN(C)CC2)ccc1Nc1ncc2c(n1)N(C1CCCC1)CC(CC#N)C(=O)N2C. The van der Waals surface area contributed by atoms with Crippen molar-refractivity contribution in [3.63, 3.8) is 0 Å². The third kappa shape index (κ3) is 5.82. The molecule has 2 aromatic rings. The summed E-state index contributed by atoms with van der Waals surface area (Å²) in [6.45, 7) is 2.40. The summed E-state index contributed by atoms with van der Waals surface area (Å²) < 4.78 is 5.62. The number of likely N-dealkylation sites (tertiary alicyclic amines) is 1. The Kier molecular flexibility index (Phi) is 8.35. The normalized spacial score (nSPS) is 20.6. The molecular formula is C29H38N8O3. The molecule has 1 atom stereocenters. The maximum absolute atomic E-state index is 13.2. The van der Waals surface area contributed by atoms with Crippen LogP contribution in [0.1, 0.15) is 55.3 Å². The summed E-state index contributed by atoms with van der Waals surface area (Å²) in [6, 6.07) is 7.90. The van der Waals surface area contributed by atoms with E-state index in [0.29, 0.717) is 41.0 Å². The van der Waals surface area contributed by atoms with Crippen molar-refractivity contribution >= 4 is 35.0 Å². The summed E-state index contributed by atoms with van der Waals surface area (Å²) in [5.74, 6) is 0.922. The van der Waals surface area contributed by atoms with Crippen LogP contribution in [0, 0.1) is 17.2 Å². The van der Waals surface area contributed by atoms with Crippen molar-refractivity contribution in [1.29, 1.82) is 5.26 Å². The number of nitrogens with zero attached hydrogens (tertiary/aromatic N) is 6. The molecule has 2 aliphatic heterocycles. The summed E-state index contributed by atoms with van der Waals surface area (Å²) in [5.41, 5.74) is 1.79. The number of rotatable bonds is 7. The number of nitrogens with one attached hydrogen (secondary N) is 2. The van der Waals surface area contributed by atoms with Crippen LogP contribution < -0.4 is 25.2 Å². The molecule has 1 unspecified atom stereocenters. The number of carbonyl (C=O) groups is 2. The van der Waals surface area contributed by atoms with Gasteiger partial charge in [0.15, 0.2) is 5.82 Å². The van der Waals surface area contributed by atoms with Gasteiger partial charge in [0, 0.05) is 37.7 Å². The van der Waals surface area contributed by atoms with Gasteiger partial charge in [-0.25, -0.2) is 4.98 Å². The molecule has 1 saturated carbocycles. The van der Waals surface area contributed by atoms with E-state index >= 15 is 0 Å². The van der Waals surface area contributed by atoms with Gasteiger partial charge in [-0.15, -0.1) is 0 Å². The molecule has 3 heterocycles. The number of aromatic nitrogens is 2. The quantitative estimate of drug-likeness (QED) is 0.538. The predicted octanol–water partition coefficient (Wildman–Crippen LogP) is 3.31. The standard InChI is InChI=1S/C29H38N8O3/c1-35-14-11-21(12-15-35)32-27(38)19-8-9-23(25(16-19)40-3)33-29-31-17-24-26(34-29)37(22-6-4-5-7-22)18-20(10-13-30)28(39)36(24)2/h8-9,16-17,20-22H,4-7,10-12,14-15,18H2,1-3H3,(H,32,38)(H,31,33,34). The monoisotopic (exact) mass is 546 g/mol. The van der Waals surface area contributed by atoms with Crippen molar-refractivity contribution in [3.8, 4) is 11.8 Å². The van der Waals surface area contributed by atoms with Crippen LogP contribution in [0.4, 0.5) is 23.1 Å². The van der Waals surface area contributed by atoms with Crippen molar-refractivity contribution < 1.29 is 14.3 Å². The van der Waals surface area contributed by atoms with Crippen molar-refractivity contribution in [3.05, 3.63) is 30.0 Å². The topological polar surface area (TPSA) is 127 Å². The van der Waals surface area contributed by atoms with E-state index < -0.39 is 5.92 Å². The lowest BCUT2D eigenvalue weighted by Gasteiger charge is -2.31. The van der Waals surface area contributed by atoms with Gasteiger partial charge < -0.3 is 30.1 Å². The zero-order chi connectivity index (χ0) is 28.2. The Labute approximate surface area is 235 Å². The molecule has 3 aliphatic rings. The number of hydrogen-bond donors (Lipinski definition) is 2. The van der Waals surface area contributed by atoms with E-state index in [1.165, 1.54) is 0 Å². The Balaban J connectivity index is 1.38. The molecule has 212 valence electrons. The van der Waals surface area contributed by atoms with Crippen molar-refractivity contribution in [1.82, 2.24) is 20.2 Å². The van der Waals surface area contributed by atoms with Gasteiger partial charge in [0.2, 0.25) is 11.9 Å². The number of benzene rings is 1. The highest BCUT2D eigenvalue weighted by Crippen LogP contribution is 2.38. The molecule has 1 aromatic heterocycles. The average Bonchev–Trinajstić information content (AvgIpc) is 3.48. The molecule has 5 rings (SSSR count). The lowest BCUT2D eigenvalue weighted by atomic mass is 10.0. The van der Waals surface area contributed by atoms with Crippen LogP contribution in [0.5, 0.6) is 5.75 Å². The van der Waals surface area contributed by atoms with Crippen molar-refractivity contribution in [2.45, 2.75) is 57.0 Å². The van der Waals surface area contributed by atoms with Crippen LogP contribution in [-0.2, 0) is 4.79 Å². The highest BCUT2D eigenvalue weighted by Gasteiger charge is 2.37. The van der Waals surface area contributed by atoms with E-state index in [4.69, 9.17) is 9.72 Å². The molecule has 2 fully saturated rings. The summed E-state index contributed by atoms with van der Waals surface area (Å²) in [6.07, 6.45) is 8.01. The van der Waals surface area contributed by atoms with Gasteiger partial charge in [-0.05, 0) is 64.0 Å². The third-order valence-corrected chi connectivity index (χ3v) is 8.35. The first-order valence-corrected chi connectivity index (χ1v) is 14.1. The van der Waals surface area contributed by atoms with Crippen LogP contribution in [-0.4, -0.2) is 79.6 Å². The Morgan fingerprint density at radius 2 is 1.93 bits per heavy atom. The molecule has 11 heteroatoms. The first kappa shape index (κ1) is 27.6. The van der Waals surface area contributed by atoms with Crippen LogP contribution >= 0.6 is 0 Å². The molecule has 11 nitrogen and oxygen atoms in total. The molecule has 1 saturated heterocycles. The lowest BCUT2D eigenvalue weighted by molar-refractivity contribution is -0.121. The second-order valence-corrected chi connectivity index (χ2v) is 11.0. The van der Waals surface area contributed by atoms with E-state index in [9.17, 15) is 14.9 Å². The number of carbonyl (C=O) groups excluding carboxylic acids is 2. The lowest BCUT2D eigenvalue weighted by Crippen LogP contribution is -2.43. The minimum atomic E-state index is -0.422. The van der Waals surface area contributed by atoms with Crippen molar-refractivity contribution in [2.75, 3.05) is 56.0 Å². The van der Waals surface area contributed by atoms with E-state index in [1.807, 2.05) is 0 Å².